The highest BCUT2D eigenvalue weighted by Crippen LogP contribution is 2.18. The van der Waals surface area contributed by atoms with Gasteiger partial charge >= 0.3 is 6.03 Å². The van der Waals surface area contributed by atoms with Gasteiger partial charge in [0.2, 0.25) is 0 Å². The fraction of sp³-hybridized carbons (Fsp3) is 0.364. The first-order chi connectivity index (χ1) is 7.65. The first-order valence-corrected chi connectivity index (χ1v) is 6.20. The average Bonchev–Trinajstić information content (AvgIpc) is 2.28. The van der Waals surface area contributed by atoms with Crippen molar-refractivity contribution in [3.8, 4) is 0 Å². The Labute approximate surface area is 99.4 Å². The molecule has 1 atom stereocenters. The Morgan fingerprint density at radius 3 is 2.94 bits per heavy atom. The van der Waals surface area contributed by atoms with Crippen LogP contribution in [0.25, 0.3) is 0 Å². The van der Waals surface area contributed by atoms with Gasteiger partial charge in [-0.1, -0.05) is 6.07 Å². The molecule has 0 aromatic heterocycles. The van der Waals surface area contributed by atoms with Gasteiger partial charge in [0.25, 0.3) is 0 Å². The Bertz CT molecular complexity index is 358. The van der Waals surface area contributed by atoms with Gasteiger partial charge in [0.1, 0.15) is 0 Å². The van der Waals surface area contributed by atoms with Gasteiger partial charge in [-0.25, -0.2) is 4.79 Å². The van der Waals surface area contributed by atoms with Crippen molar-refractivity contribution in [2.24, 2.45) is 0 Å². The maximum atomic E-state index is 11.4. The maximum absolute atomic E-state index is 11.4. The summed E-state index contributed by atoms with van der Waals surface area (Å²) in [5.41, 5.74) is 0.745. The number of urea groups is 1. The molecule has 1 rings (SSSR count). The highest BCUT2D eigenvalue weighted by Gasteiger charge is 2.05. The fourth-order valence-corrected chi connectivity index (χ4v) is 1.60. The highest BCUT2D eigenvalue weighted by atomic mass is 32.2. The van der Waals surface area contributed by atoms with Crippen LogP contribution in [0.15, 0.2) is 29.2 Å². The molecule has 3 N–H and O–H groups in total. The molecule has 0 aliphatic heterocycles. The fourth-order valence-electron chi connectivity index (χ4n) is 1.14. The van der Waals surface area contributed by atoms with E-state index in [1.165, 1.54) is 0 Å². The third-order valence-corrected chi connectivity index (χ3v) is 2.70. The number of benzene rings is 1. The number of thioether (sulfide) groups is 1. The van der Waals surface area contributed by atoms with Crippen LogP contribution < -0.4 is 10.6 Å². The molecular weight excluding hydrogens is 224 g/mol. The minimum absolute atomic E-state index is 0.0712. The SMILES string of the molecule is CSc1cccc(NC(=O)NC(C)CO)c1. The van der Waals surface area contributed by atoms with Gasteiger partial charge in [0.05, 0.1) is 12.6 Å². The number of nitrogens with one attached hydrogen (secondary N) is 2. The van der Waals surface area contributed by atoms with Gasteiger partial charge in [-0.05, 0) is 31.4 Å². The summed E-state index contributed by atoms with van der Waals surface area (Å²) in [5, 5.41) is 14.1. The number of carbonyl (C=O) groups excluding carboxylic acids is 1. The van der Waals surface area contributed by atoms with Gasteiger partial charge < -0.3 is 15.7 Å². The first-order valence-electron chi connectivity index (χ1n) is 4.98. The minimum atomic E-state index is -0.306. The Kier molecular flexibility index (Phi) is 5.14. The lowest BCUT2D eigenvalue weighted by Gasteiger charge is -2.12. The number of amides is 2. The van der Waals surface area contributed by atoms with Gasteiger partial charge in [-0.15, -0.1) is 11.8 Å². The van der Waals surface area contributed by atoms with Crippen LogP contribution >= 0.6 is 11.8 Å². The monoisotopic (exact) mass is 240 g/mol. The predicted octanol–water partition coefficient (Wildman–Crippen LogP) is 1.91. The molecular formula is C11H16N2O2S. The second-order valence-corrected chi connectivity index (χ2v) is 4.29. The molecule has 1 aromatic rings. The summed E-state index contributed by atoms with van der Waals surface area (Å²) in [6.45, 7) is 1.66. The standard InChI is InChI=1S/C11H16N2O2S/c1-8(7-14)12-11(15)13-9-4-3-5-10(6-9)16-2/h3-6,8,14H,7H2,1-2H3,(H2,12,13,15). The lowest BCUT2D eigenvalue weighted by Crippen LogP contribution is -2.38. The van der Waals surface area contributed by atoms with Gasteiger partial charge in [-0.3, -0.25) is 0 Å². The van der Waals surface area contributed by atoms with E-state index >= 15 is 0 Å². The summed E-state index contributed by atoms with van der Waals surface area (Å²) in [6.07, 6.45) is 1.98. The van der Waals surface area contributed by atoms with E-state index in [4.69, 9.17) is 5.11 Å². The molecule has 4 nitrogen and oxygen atoms in total. The summed E-state index contributed by atoms with van der Waals surface area (Å²) in [7, 11) is 0. The Morgan fingerprint density at radius 1 is 1.56 bits per heavy atom. The van der Waals surface area contributed by atoms with Crippen LogP contribution in [0, 0.1) is 0 Å². The normalized spacial score (nSPS) is 11.9. The first kappa shape index (κ1) is 12.9. The minimum Gasteiger partial charge on any atom is -0.394 e. The molecule has 88 valence electrons. The Hall–Kier alpha value is -1.20. The van der Waals surface area contributed by atoms with Crippen LogP contribution in [0.1, 0.15) is 6.92 Å². The zero-order chi connectivity index (χ0) is 12.0. The van der Waals surface area contributed by atoms with Crippen molar-refractivity contribution in [3.05, 3.63) is 24.3 Å². The average molecular weight is 240 g/mol. The van der Waals surface area contributed by atoms with Crippen molar-refractivity contribution in [1.82, 2.24) is 5.32 Å². The maximum Gasteiger partial charge on any atom is 0.319 e. The van der Waals surface area contributed by atoms with Crippen molar-refractivity contribution in [1.29, 1.82) is 0 Å². The molecule has 0 bridgehead atoms. The van der Waals surface area contributed by atoms with Crippen LogP contribution in [-0.2, 0) is 0 Å². The van der Waals surface area contributed by atoms with Crippen molar-refractivity contribution < 1.29 is 9.90 Å². The zero-order valence-electron chi connectivity index (χ0n) is 9.36. The summed E-state index contributed by atoms with van der Waals surface area (Å²) < 4.78 is 0. The molecule has 0 saturated heterocycles. The van der Waals surface area contributed by atoms with Crippen LogP contribution in [0.4, 0.5) is 10.5 Å². The quantitative estimate of drug-likeness (QED) is 0.704. The van der Waals surface area contributed by atoms with Crippen LogP contribution in [0.5, 0.6) is 0 Å². The second-order valence-electron chi connectivity index (χ2n) is 3.41. The molecule has 1 aromatic carbocycles. The van der Waals surface area contributed by atoms with Crippen LogP contribution in [-0.4, -0.2) is 30.0 Å². The number of rotatable bonds is 4. The van der Waals surface area contributed by atoms with E-state index in [0.717, 1.165) is 10.6 Å². The number of aliphatic hydroxyl groups excluding tert-OH is 1. The van der Waals surface area contributed by atoms with E-state index in [9.17, 15) is 4.79 Å². The molecule has 5 heteroatoms. The third-order valence-electron chi connectivity index (χ3n) is 1.98. The number of hydrogen-bond acceptors (Lipinski definition) is 3. The van der Waals surface area contributed by atoms with E-state index in [-0.39, 0.29) is 18.7 Å². The molecule has 0 heterocycles. The Balaban J connectivity index is 2.55. The summed E-state index contributed by atoms with van der Waals surface area (Å²) in [6, 6.07) is 7.03. The lowest BCUT2D eigenvalue weighted by molar-refractivity contribution is 0.229. The largest absolute Gasteiger partial charge is 0.394 e. The third kappa shape index (κ3) is 4.12. The Morgan fingerprint density at radius 2 is 2.31 bits per heavy atom. The number of carbonyl (C=O) groups is 1. The van der Waals surface area contributed by atoms with E-state index in [1.807, 2.05) is 30.5 Å². The van der Waals surface area contributed by atoms with Crippen LogP contribution in [0.2, 0.25) is 0 Å². The second kappa shape index (κ2) is 6.40. The molecule has 16 heavy (non-hydrogen) atoms. The van der Waals surface area contributed by atoms with E-state index < -0.39 is 0 Å². The van der Waals surface area contributed by atoms with Crippen LogP contribution in [0.3, 0.4) is 0 Å². The predicted molar refractivity (Wildman–Crippen MR) is 66.9 cm³/mol. The number of hydrogen-bond donors (Lipinski definition) is 3. The molecule has 0 saturated carbocycles. The molecule has 0 aliphatic carbocycles. The lowest BCUT2D eigenvalue weighted by atomic mass is 10.3. The van der Waals surface area contributed by atoms with Crippen molar-refractivity contribution in [2.75, 3.05) is 18.2 Å². The summed E-state index contributed by atoms with van der Waals surface area (Å²) in [4.78, 5) is 12.5. The smallest absolute Gasteiger partial charge is 0.319 e. The van der Waals surface area contributed by atoms with E-state index in [0.29, 0.717) is 0 Å². The molecule has 2 amide bonds. The van der Waals surface area contributed by atoms with Gasteiger partial charge in [-0.2, -0.15) is 0 Å². The topological polar surface area (TPSA) is 61.4 Å². The molecule has 0 spiro atoms. The van der Waals surface area contributed by atoms with E-state index in [1.54, 1.807) is 18.7 Å². The molecule has 0 aliphatic rings. The summed E-state index contributed by atoms with van der Waals surface area (Å²) in [5.74, 6) is 0. The molecule has 0 radical (unpaired) electrons. The number of aliphatic hydroxyl groups is 1. The van der Waals surface area contributed by atoms with Crippen molar-refractivity contribution in [2.45, 2.75) is 17.9 Å². The van der Waals surface area contributed by atoms with E-state index in [2.05, 4.69) is 10.6 Å². The van der Waals surface area contributed by atoms with Crippen molar-refractivity contribution >= 4 is 23.5 Å². The van der Waals surface area contributed by atoms with Crippen molar-refractivity contribution in [3.63, 3.8) is 0 Å². The highest BCUT2D eigenvalue weighted by molar-refractivity contribution is 7.98. The van der Waals surface area contributed by atoms with Gasteiger partial charge in [0, 0.05) is 10.6 Å². The summed E-state index contributed by atoms with van der Waals surface area (Å²) >= 11 is 1.62. The van der Waals surface area contributed by atoms with Gasteiger partial charge in [0.15, 0.2) is 0 Å². The molecule has 0 fully saturated rings. The zero-order valence-corrected chi connectivity index (χ0v) is 10.2. The number of anilines is 1. The molecule has 1 unspecified atom stereocenters.